The highest BCUT2D eigenvalue weighted by molar-refractivity contribution is 8.01. The molecule has 1 aliphatic heterocycles. The van der Waals surface area contributed by atoms with Crippen LogP contribution < -0.4 is 14.8 Å². The van der Waals surface area contributed by atoms with Crippen molar-refractivity contribution < 1.29 is 14.3 Å². The number of rotatable bonds is 6. The summed E-state index contributed by atoms with van der Waals surface area (Å²) in [6.45, 7) is 0.232. The minimum atomic E-state index is 0.00349. The van der Waals surface area contributed by atoms with Gasteiger partial charge >= 0.3 is 0 Å². The Kier molecular flexibility index (Phi) is 4.76. The van der Waals surface area contributed by atoms with Crippen LogP contribution in [0.15, 0.2) is 46.8 Å². The minimum Gasteiger partial charge on any atom is -0.454 e. The molecule has 7 heteroatoms. The number of anilines is 1. The van der Waals surface area contributed by atoms with Gasteiger partial charge in [-0.15, -0.1) is 11.3 Å². The number of benzene rings is 2. The smallest absolute Gasteiger partial charge is 0.231 e. The molecule has 4 rings (SSSR count). The molecule has 1 aliphatic rings. The normalized spacial score (nSPS) is 12.5. The molecule has 0 aliphatic carbocycles. The fourth-order valence-corrected chi connectivity index (χ4v) is 4.58. The SMILES string of the molecule is O=C(CCCSc1nc2ccccc2s1)Nc1ccc2c(c1)OCO2. The molecule has 0 saturated carbocycles. The molecule has 25 heavy (non-hydrogen) atoms. The second-order valence-electron chi connectivity index (χ2n) is 5.52. The lowest BCUT2D eigenvalue weighted by molar-refractivity contribution is -0.116. The van der Waals surface area contributed by atoms with E-state index in [4.69, 9.17) is 9.47 Å². The fourth-order valence-electron chi connectivity index (χ4n) is 2.50. The van der Waals surface area contributed by atoms with E-state index in [1.807, 2.05) is 24.3 Å². The summed E-state index contributed by atoms with van der Waals surface area (Å²) in [5.41, 5.74) is 1.77. The van der Waals surface area contributed by atoms with Crippen LogP contribution in [-0.2, 0) is 4.79 Å². The standard InChI is InChI=1S/C18H16N2O3S2/c21-17(19-12-7-8-14-15(10-12)23-11-22-14)6-3-9-24-18-20-13-4-1-2-5-16(13)25-18/h1-2,4-5,7-8,10H,3,6,9,11H2,(H,19,21). The van der Waals surface area contributed by atoms with Gasteiger partial charge in [-0.25, -0.2) is 4.98 Å². The third kappa shape index (κ3) is 3.88. The van der Waals surface area contributed by atoms with Gasteiger partial charge in [0.1, 0.15) is 0 Å². The average Bonchev–Trinajstić information content (AvgIpc) is 3.24. The summed E-state index contributed by atoms with van der Waals surface area (Å²) < 4.78 is 12.8. The first-order valence-corrected chi connectivity index (χ1v) is 9.76. The largest absolute Gasteiger partial charge is 0.454 e. The van der Waals surface area contributed by atoms with E-state index in [0.717, 1.165) is 27.7 Å². The van der Waals surface area contributed by atoms with E-state index in [1.165, 1.54) is 4.70 Å². The number of nitrogens with one attached hydrogen (secondary N) is 1. The Bertz CT molecular complexity index is 877. The highest BCUT2D eigenvalue weighted by Crippen LogP contribution is 2.34. The summed E-state index contributed by atoms with van der Waals surface area (Å²) in [6, 6.07) is 13.5. The Labute approximate surface area is 153 Å². The van der Waals surface area contributed by atoms with Gasteiger partial charge in [-0.2, -0.15) is 0 Å². The molecule has 1 aromatic heterocycles. The molecule has 0 atom stereocenters. The van der Waals surface area contributed by atoms with Gasteiger partial charge in [0, 0.05) is 23.9 Å². The van der Waals surface area contributed by atoms with Crippen LogP contribution in [0.25, 0.3) is 10.2 Å². The van der Waals surface area contributed by atoms with Crippen molar-refractivity contribution in [3.05, 3.63) is 42.5 Å². The van der Waals surface area contributed by atoms with Crippen molar-refractivity contribution in [2.75, 3.05) is 17.9 Å². The maximum Gasteiger partial charge on any atom is 0.231 e. The predicted molar refractivity (Wildman–Crippen MR) is 101 cm³/mol. The number of hydrogen-bond donors (Lipinski definition) is 1. The van der Waals surface area contributed by atoms with Gasteiger partial charge in [0.25, 0.3) is 0 Å². The summed E-state index contributed by atoms with van der Waals surface area (Å²) >= 11 is 3.40. The third-order valence-corrected chi connectivity index (χ3v) is 5.97. The van der Waals surface area contributed by atoms with E-state index in [1.54, 1.807) is 35.2 Å². The number of nitrogens with zero attached hydrogens (tertiary/aromatic N) is 1. The molecule has 0 radical (unpaired) electrons. The Morgan fingerprint density at radius 1 is 1.20 bits per heavy atom. The molecule has 128 valence electrons. The van der Waals surface area contributed by atoms with Crippen LogP contribution in [0.4, 0.5) is 5.69 Å². The maximum atomic E-state index is 12.1. The van der Waals surface area contributed by atoms with Crippen molar-refractivity contribution in [3.63, 3.8) is 0 Å². The molecule has 3 aromatic rings. The number of aromatic nitrogens is 1. The monoisotopic (exact) mass is 372 g/mol. The quantitative estimate of drug-likeness (QED) is 0.509. The van der Waals surface area contributed by atoms with Crippen LogP contribution in [0.5, 0.6) is 11.5 Å². The van der Waals surface area contributed by atoms with Crippen LogP contribution in [-0.4, -0.2) is 23.4 Å². The number of ether oxygens (including phenoxy) is 2. The van der Waals surface area contributed by atoms with Crippen molar-refractivity contribution in [3.8, 4) is 11.5 Å². The van der Waals surface area contributed by atoms with Gasteiger partial charge in [0.2, 0.25) is 12.7 Å². The lowest BCUT2D eigenvalue weighted by atomic mass is 10.2. The highest BCUT2D eigenvalue weighted by Gasteiger charge is 2.14. The van der Waals surface area contributed by atoms with Gasteiger partial charge in [0.05, 0.1) is 10.2 Å². The highest BCUT2D eigenvalue weighted by atomic mass is 32.2. The molecule has 2 heterocycles. The van der Waals surface area contributed by atoms with E-state index < -0.39 is 0 Å². The summed E-state index contributed by atoms with van der Waals surface area (Å²) in [5.74, 6) is 2.26. The molecule has 0 bridgehead atoms. The summed E-state index contributed by atoms with van der Waals surface area (Å²) in [6.07, 6.45) is 1.28. The maximum absolute atomic E-state index is 12.1. The number of amides is 1. The Morgan fingerprint density at radius 3 is 3.00 bits per heavy atom. The lowest BCUT2D eigenvalue weighted by Gasteiger charge is -2.05. The van der Waals surface area contributed by atoms with Gasteiger partial charge in [0.15, 0.2) is 15.8 Å². The van der Waals surface area contributed by atoms with Crippen molar-refractivity contribution >= 4 is 44.9 Å². The van der Waals surface area contributed by atoms with Crippen LogP contribution in [0.3, 0.4) is 0 Å². The molecule has 0 spiro atoms. The van der Waals surface area contributed by atoms with E-state index in [0.29, 0.717) is 17.9 Å². The number of carbonyl (C=O) groups excluding carboxylic acids is 1. The van der Waals surface area contributed by atoms with Crippen LogP contribution >= 0.6 is 23.1 Å². The number of carbonyl (C=O) groups is 1. The van der Waals surface area contributed by atoms with Crippen LogP contribution in [0.2, 0.25) is 0 Å². The van der Waals surface area contributed by atoms with Crippen LogP contribution in [0, 0.1) is 0 Å². The number of thiazole rings is 1. The van der Waals surface area contributed by atoms with E-state index in [2.05, 4.69) is 16.4 Å². The molecule has 1 N–H and O–H groups in total. The summed E-state index contributed by atoms with van der Waals surface area (Å²) in [7, 11) is 0. The summed E-state index contributed by atoms with van der Waals surface area (Å²) in [4.78, 5) is 16.6. The van der Waals surface area contributed by atoms with Crippen molar-refractivity contribution in [1.82, 2.24) is 4.98 Å². The zero-order valence-electron chi connectivity index (χ0n) is 13.4. The van der Waals surface area contributed by atoms with Gasteiger partial charge in [-0.05, 0) is 30.7 Å². The minimum absolute atomic E-state index is 0.00349. The number of fused-ring (bicyclic) bond motifs is 2. The molecule has 2 aromatic carbocycles. The first-order valence-electron chi connectivity index (χ1n) is 7.96. The van der Waals surface area contributed by atoms with Crippen molar-refractivity contribution in [1.29, 1.82) is 0 Å². The second kappa shape index (κ2) is 7.33. The Hall–Kier alpha value is -2.25. The molecular formula is C18H16N2O3S2. The van der Waals surface area contributed by atoms with Gasteiger partial charge in [-0.1, -0.05) is 23.9 Å². The lowest BCUT2D eigenvalue weighted by Crippen LogP contribution is -2.11. The van der Waals surface area contributed by atoms with Gasteiger partial charge < -0.3 is 14.8 Å². The molecule has 5 nitrogen and oxygen atoms in total. The van der Waals surface area contributed by atoms with Gasteiger partial charge in [-0.3, -0.25) is 4.79 Å². The van der Waals surface area contributed by atoms with Crippen molar-refractivity contribution in [2.45, 2.75) is 17.2 Å². The summed E-state index contributed by atoms with van der Waals surface area (Å²) in [5, 5.41) is 2.90. The molecule has 0 fully saturated rings. The zero-order chi connectivity index (χ0) is 17.1. The topological polar surface area (TPSA) is 60.5 Å². The Morgan fingerprint density at radius 2 is 2.08 bits per heavy atom. The molecule has 0 unspecified atom stereocenters. The molecule has 0 saturated heterocycles. The number of hydrogen-bond acceptors (Lipinski definition) is 6. The first-order chi connectivity index (χ1) is 12.3. The number of thioether (sulfide) groups is 1. The van der Waals surface area contributed by atoms with E-state index in [9.17, 15) is 4.79 Å². The zero-order valence-corrected chi connectivity index (χ0v) is 15.0. The Balaban J connectivity index is 1.23. The van der Waals surface area contributed by atoms with E-state index >= 15 is 0 Å². The van der Waals surface area contributed by atoms with E-state index in [-0.39, 0.29) is 12.7 Å². The first kappa shape index (κ1) is 16.2. The van der Waals surface area contributed by atoms with Crippen LogP contribution in [0.1, 0.15) is 12.8 Å². The molecular weight excluding hydrogens is 356 g/mol. The predicted octanol–water partition coefficient (Wildman–Crippen LogP) is 4.54. The second-order valence-corrected chi connectivity index (χ2v) is 7.89. The van der Waals surface area contributed by atoms with Crippen molar-refractivity contribution in [2.24, 2.45) is 0 Å². The average molecular weight is 372 g/mol. The molecule has 1 amide bonds. The number of para-hydroxylation sites is 1. The third-order valence-electron chi connectivity index (χ3n) is 3.70. The fraction of sp³-hybridized carbons (Fsp3) is 0.222.